The smallest absolute Gasteiger partial charge is 0.204 e. The maximum absolute atomic E-state index is 12.0. The van der Waals surface area contributed by atoms with Crippen molar-refractivity contribution >= 4 is 12.0 Å². The number of aliphatic hydroxyl groups excluding tert-OH is 1. The van der Waals surface area contributed by atoms with Crippen LogP contribution >= 0.6 is 0 Å². The summed E-state index contributed by atoms with van der Waals surface area (Å²) in [5.41, 5.74) is 4.51. The summed E-state index contributed by atoms with van der Waals surface area (Å²) in [5.74, 6) is 6.10. The second-order valence-corrected chi connectivity index (χ2v) is 10.7. The van der Waals surface area contributed by atoms with E-state index in [1.807, 2.05) is 12.1 Å². The van der Waals surface area contributed by atoms with E-state index in [-0.39, 0.29) is 23.4 Å². The summed E-state index contributed by atoms with van der Waals surface area (Å²) >= 11 is 0. The van der Waals surface area contributed by atoms with Gasteiger partial charge in [0.15, 0.2) is 5.76 Å². The van der Waals surface area contributed by atoms with Crippen LogP contribution in [0.15, 0.2) is 65.0 Å². The van der Waals surface area contributed by atoms with Gasteiger partial charge in [-0.1, -0.05) is 43.0 Å². The van der Waals surface area contributed by atoms with Gasteiger partial charge in [0.25, 0.3) is 0 Å². The van der Waals surface area contributed by atoms with Crippen LogP contribution in [0.4, 0.5) is 0 Å². The predicted molar refractivity (Wildman–Crippen MR) is 146 cm³/mol. The Morgan fingerprint density at radius 2 is 1.73 bits per heavy atom. The van der Waals surface area contributed by atoms with Crippen molar-refractivity contribution in [2.75, 3.05) is 26.7 Å². The molecule has 37 heavy (non-hydrogen) atoms. The van der Waals surface area contributed by atoms with Gasteiger partial charge in [-0.2, -0.15) is 0 Å². The summed E-state index contributed by atoms with van der Waals surface area (Å²) < 4.78 is 5.35. The molecule has 2 fully saturated rings. The number of rotatable bonds is 9. The first kappa shape index (κ1) is 25.4. The van der Waals surface area contributed by atoms with Crippen LogP contribution in [0.25, 0.3) is 0 Å². The summed E-state index contributed by atoms with van der Waals surface area (Å²) in [6, 6.07) is 17.3. The van der Waals surface area contributed by atoms with Crippen LogP contribution in [0.2, 0.25) is 0 Å². The van der Waals surface area contributed by atoms with Crippen LogP contribution in [0.3, 0.4) is 0 Å². The third-order valence-corrected chi connectivity index (χ3v) is 7.53. The van der Waals surface area contributed by atoms with Gasteiger partial charge >= 0.3 is 0 Å². The van der Waals surface area contributed by atoms with Crippen molar-refractivity contribution in [3.05, 3.63) is 82.2 Å². The zero-order chi connectivity index (χ0) is 25.8. The first-order chi connectivity index (χ1) is 17.9. The molecule has 0 amide bonds. The predicted octanol–water partition coefficient (Wildman–Crippen LogP) is 4.13. The molecule has 1 aliphatic carbocycles. The minimum absolute atomic E-state index is 0.162. The first-order valence-corrected chi connectivity index (χ1v) is 13.1. The van der Waals surface area contributed by atoms with Gasteiger partial charge in [0.05, 0.1) is 11.8 Å². The Kier molecular flexibility index (Phi) is 7.57. The van der Waals surface area contributed by atoms with Gasteiger partial charge in [-0.25, -0.2) is 0 Å². The van der Waals surface area contributed by atoms with Gasteiger partial charge in [-0.05, 0) is 48.2 Å². The molecule has 0 radical (unpaired) electrons. The van der Waals surface area contributed by atoms with Gasteiger partial charge in [-0.3, -0.25) is 14.7 Å². The van der Waals surface area contributed by atoms with Crippen molar-refractivity contribution in [3.8, 4) is 11.8 Å². The van der Waals surface area contributed by atoms with Crippen molar-refractivity contribution < 1.29 is 14.6 Å². The molecule has 5 rings (SSSR count). The third-order valence-electron chi connectivity index (χ3n) is 7.53. The molecule has 2 heterocycles. The fraction of sp³-hybridized carbons (Fsp3) is 0.419. The van der Waals surface area contributed by atoms with Crippen LogP contribution in [0.5, 0.6) is 0 Å². The molecular formula is C31H35N3O3. The first-order valence-electron chi connectivity index (χ1n) is 13.1. The second-order valence-electron chi connectivity index (χ2n) is 10.7. The molecule has 0 spiro atoms. The van der Waals surface area contributed by atoms with Gasteiger partial charge in [0, 0.05) is 74.9 Å². The van der Waals surface area contributed by atoms with Gasteiger partial charge in [0.2, 0.25) is 5.78 Å². The molecule has 2 aliphatic heterocycles. The van der Waals surface area contributed by atoms with E-state index < -0.39 is 0 Å². The van der Waals surface area contributed by atoms with Gasteiger partial charge < -0.3 is 15.2 Å². The summed E-state index contributed by atoms with van der Waals surface area (Å²) in [7, 11) is 1.77. The molecule has 3 aliphatic rings. The molecular weight excluding hydrogens is 462 g/mol. The summed E-state index contributed by atoms with van der Waals surface area (Å²) in [4.78, 5) is 18.7. The molecule has 0 aromatic heterocycles. The van der Waals surface area contributed by atoms with E-state index in [4.69, 9.17) is 4.74 Å². The Bertz CT molecular complexity index is 1240. The average Bonchev–Trinajstić information content (AvgIpc) is 3.72. The number of hydrogen-bond acceptors (Lipinski definition) is 6. The molecule has 2 N–H and O–H groups in total. The highest BCUT2D eigenvalue weighted by Crippen LogP contribution is 2.34. The van der Waals surface area contributed by atoms with E-state index in [0.717, 1.165) is 42.9 Å². The lowest BCUT2D eigenvalue weighted by Crippen LogP contribution is -2.50. The van der Waals surface area contributed by atoms with Crippen molar-refractivity contribution in [1.29, 1.82) is 0 Å². The highest BCUT2D eigenvalue weighted by molar-refractivity contribution is 6.04. The van der Waals surface area contributed by atoms with E-state index in [9.17, 15) is 9.90 Å². The van der Waals surface area contributed by atoms with E-state index in [0.29, 0.717) is 24.3 Å². The molecule has 2 aromatic carbocycles. The number of carbonyl (C=O) groups excluding carboxylic acids is 1. The Morgan fingerprint density at radius 3 is 2.35 bits per heavy atom. The molecule has 0 unspecified atom stereocenters. The number of methoxy groups -OCH3 is 1. The lowest BCUT2D eigenvalue weighted by atomic mass is 9.77. The topological polar surface area (TPSA) is 74.2 Å². The van der Waals surface area contributed by atoms with Crippen LogP contribution in [0, 0.1) is 11.8 Å². The number of hydrogen-bond donors (Lipinski definition) is 2. The normalized spacial score (nSPS) is 19.8. The fourth-order valence-corrected chi connectivity index (χ4v) is 4.83. The third kappa shape index (κ3) is 6.37. The number of nitrogens with one attached hydrogen (secondary N) is 1. The van der Waals surface area contributed by atoms with Crippen molar-refractivity contribution in [2.45, 2.75) is 56.7 Å². The molecule has 0 bridgehead atoms. The monoisotopic (exact) mass is 497 g/mol. The molecule has 6 heteroatoms. The number of ketones is 1. The zero-order valence-electron chi connectivity index (χ0n) is 21.7. The maximum Gasteiger partial charge on any atom is 0.204 e. The van der Waals surface area contributed by atoms with E-state index in [1.54, 1.807) is 13.3 Å². The number of aliphatic imine (C=N–C) groups is 1. The van der Waals surface area contributed by atoms with Gasteiger partial charge in [0.1, 0.15) is 0 Å². The minimum Gasteiger partial charge on any atom is -0.503 e. The van der Waals surface area contributed by atoms with Crippen LogP contribution in [0.1, 0.15) is 54.9 Å². The standard InChI is InChI=1S/C31H35N3O3/c1-31(21-33-26-13-14-26,17-28-30(36)29(35)15-16-32-28)25-11-9-23(10-12-25)4-3-22-5-7-24(8-6-22)18-34-19-27(20-34)37-2/h5-12,16,26-27,33,36H,13-15,17-21H2,1-2H3/t31-/m0/s1. The molecule has 192 valence electrons. The molecule has 6 nitrogen and oxygen atoms in total. The molecule has 1 atom stereocenters. The van der Waals surface area contributed by atoms with Crippen molar-refractivity contribution in [3.63, 3.8) is 0 Å². The van der Waals surface area contributed by atoms with Gasteiger partial charge in [-0.15, -0.1) is 0 Å². The highest BCUT2D eigenvalue weighted by atomic mass is 16.5. The van der Waals surface area contributed by atoms with E-state index in [2.05, 4.69) is 70.4 Å². The summed E-state index contributed by atoms with van der Waals surface area (Å²) in [6.07, 6.45) is 5.01. The number of benzene rings is 2. The van der Waals surface area contributed by atoms with Crippen LogP contribution < -0.4 is 5.32 Å². The van der Waals surface area contributed by atoms with Crippen molar-refractivity contribution in [2.24, 2.45) is 4.99 Å². The quantitative estimate of drug-likeness (QED) is 0.510. The number of likely N-dealkylation sites (tertiary alicyclic amines) is 1. The number of ether oxygens (including phenoxy) is 1. The Labute approximate surface area is 219 Å². The van der Waals surface area contributed by atoms with Crippen LogP contribution in [-0.4, -0.2) is 60.9 Å². The lowest BCUT2D eigenvalue weighted by Gasteiger charge is -2.38. The largest absolute Gasteiger partial charge is 0.503 e. The lowest BCUT2D eigenvalue weighted by molar-refractivity contribution is -0.117. The molecule has 1 saturated carbocycles. The number of Topliss-reactive ketones (excluding diaryl/α,β-unsaturated/α-hetero) is 1. The van der Waals surface area contributed by atoms with E-state index in [1.165, 1.54) is 18.4 Å². The summed E-state index contributed by atoms with van der Waals surface area (Å²) in [6.45, 7) is 5.84. The highest BCUT2D eigenvalue weighted by Gasteiger charge is 2.33. The number of carbonyl (C=O) groups is 1. The van der Waals surface area contributed by atoms with E-state index >= 15 is 0 Å². The minimum atomic E-state index is -0.317. The SMILES string of the molecule is COC1CN(Cc2ccc(C#Cc3ccc([C@](C)(CNC4CC4)CC4=C(O)C(=O)CC=N4)cc3)cc2)C1. The fourth-order valence-electron chi connectivity index (χ4n) is 4.83. The van der Waals surface area contributed by atoms with Crippen LogP contribution in [-0.2, 0) is 21.5 Å². The maximum atomic E-state index is 12.0. The average molecular weight is 498 g/mol. The second kappa shape index (κ2) is 11.0. The number of allylic oxidation sites excluding steroid dienone is 2. The summed E-state index contributed by atoms with van der Waals surface area (Å²) in [5, 5.41) is 13.9. The molecule has 1 saturated heterocycles. The molecule has 2 aromatic rings. The zero-order valence-corrected chi connectivity index (χ0v) is 21.7. The Balaban J connectivity index is 1.26. The number of aliphatic hydroxyl groups is 1. The number of nitrogens with zero attached hydrogens (tertiary/aromatic N) is 2. The Morgan fingerprint density at radius 1 is 1.08 bits per heavy atom. The van der Waals surface area contributed by atoms with Crippen molar-refractivity contribution in [1.82, 2.24) is 10.2 Å². The Hall–Kier alpha value is -3.24.